The largest absolute Gasteiger partial charge is 0.382 e. The highest BCUT2D eigenvalue weighted by Gasteiger charge is 2.29. The first kappa shape index (κ1) is 14.5. The fraction of sp³-hybridized carbons (Fsp3) is 0.133. The molecular formula is C15H11ClFN3O2. The standard InChI is InChI=1S/C15H11ClFN3O2/c16-14-11(2-1-7-18-14)19-15(21)13-8-12(20-22-13)9-3-5-10(17)6-4-9/h1-7,13H,8H2,(H,19,21)/t13-/m0/s1. The van der Waals surface area contributed by atoms with Gasteiger partial charge >= 0.3 is 0 Å². The number of rotatable bonds is 3. The monoisotopic (exact) mass is 319 g/mol. The molecule has 1 aromatic heterocycles. The van der Waals surface area contributed by atoms with Gasteiger partial charge in [-0.15, -0.1) is 0 Å². The SMILES string of the molecule is O=C(Nc1cccnc1Cl)[C@@H]1CC(c2ccc(F)cc2)=NO1. The molecule has 1 atom stereocenters. The maximum atomic E-state index is 12.9. The predicted octanol–water partition coefficient (Wildman–Crippen LogP) is 3.01. The number of benzene rings is 1. The highest BCUT2D eigenvalue weighted by molar-refractivity contribution is 6.32. The summed E-state index contributed by atoms with van der Waals surface area (Å²) in [5, 5.41) is 6.73. The van der Waals surface area contributed by atoms with Crippen LogP contribution in [0.15, 0.2) is 47.8 Å². The number of oxime groups is 1. The predicted molar refractivity (Wildman–Crippen MR) is 80.3 cm³/mol. The van der Waals surface area contributed by atoms with Crippen molar-refractivity contribution in [3.8, 4) is 0 Å². The van der Waals surface area contributed by atoms with Crippen LogP contribution in [0.1, 0.15) is 12.0 Å². The molecule has 0 aliphatic carbocycles. The Morgan fingerprint density at radius 2 is 2.09 bits per heavy atom. The number of amides is 1. The minimum Gasteiger partial charge on any atom is -0.382 e. The molecule has 22 heavy (non-hydrogen) atoms. The first-order chi connectivity index (χ1) is 10.6. The van der Waals surface area contributed by atoms with Gasteiger partial charge in [-0.25, -0.2) is 9.37 Å². The van der Waals surface area contributed by atoms with Crippen molar-refractivity contribution in [3.05, 3.63) is 59.1 Å². The van der Waals surface area contributed by atoms with Crippen molar-refractivity contribution in [1.29, 1.82) is 0 Å². The molecule has 1 aliphatic heterocycles. The third-order valence-electron chi connectivity index (χ3n) is 3.16. The first-order valence-electron chi connectivity index (χ1n) is 6.53. The lowest BCUT2D eigenvalue weighted by molar-refractivity contribution is -0.125. The number of nitrogens with zero attached hydrogens (tertiary/aromatic N) is 2. The van der Waals surface area contributed by atoms with Gasteiger partial charge in [0.25, 0.3) is 5.91 Å². The molecule has 3 rings (SSSR count). The summed E-state index contributed by atoms with van der Waals surface area (Å²) in [5.41, 5.74) is 1.72. The summed E-state index contributed by atoms with van der Waals surface area (Å²) >= 11 is 5.88. The highest BCUT2D eigenvalue weighted by atomic mass is 35.5. The third kappa shape index (κ3) is 3.07. The second kappa shape index (κ2) is 6.11. The van der Waals surface area contributed by atoms with Crippen molar-refractivity contribution in [1.82, 2.24) is 4.98 Å². The van der Waals surface area contributed by atoms with Crippen molar-refractivity contribution < 1.29 is 14.0 Å². The van der Waals surface area contributed by atoms with E-state index in [1.807, 2.05) is 0 Å². The summed E-state index contributed by atoms with van der Waals surface area (Å²) < 4.78 is 12.9. The highest BCUT2D eigenvalue weighted by Crippen LogP contribution is 2.21. The Kier molecular flexibility index (Phi) is 4.02. The molecule has 2 aromatic rings. The van der Waals surface area contributed by atoms with E-state index in [1.165, 1.54) is 18.3 Å². The minimum absolute atomic E-state index is 0.202. The molecule has 112 valence electrons. The van der Waals surface area contributed by atoms with Crippen LogP contribution in [0.3, 0.4) is 0 Å². The van der Waals surface area contributed by atoms with Crippen LogP contribution in [-0.2, 0) is 9.63 Å². The Morgan fingerprint density at radius 1 is 1.32 bits per heavy atom. The van der Waals surface area contributed by atoms with Crippen molar-refractivity contribution in [2.45, 2.75) is 12.5 Å². The molecule has 1 amide bonds. The lowest BCUT2D eigenvalue weighted by atomic mass is 10.0. The Labute approximate surface area is 130 Å². The molecule has 7 heteroatoms. The molecular weight excluding hydrogens is 309 g/mol. The van der Waals surface area contributed by atoms with E-state index < -0.39 is 6.10 Å². The van der Waals surface area contributed by atoms with Gasteiger partial charge in [-0.2, -0.15) is 0 Å². The van der Waals surface area contributed by atoms with Gasteiger partial charge in [-0.1, -0.05) is 28.9 Å². The molecule has 5 nitrogen and oxygen atoms in total. The molecule has 0 saturated heterocycles. The van der Waals surface area contributed by atoms with Crippen LogP contribution in [0.4, 0.5) is 10.1 Å². The molecule has 0 spiro atoms. The zero-order valence-corrected chi connectivity index (χ0v) is 12.0. The second-order valence-corrected chi connectivity index (χ2v) is 5.03. The van der Waals surface area contributed by atoms with E-state index in [0.29, 0.717) is 17.8 Å². The van der Waals surface area contributed by atoms with Crippen LogP contribution in [0.25, 0.3) is 0 Å². The number of anilines is 1. The van der Waals surface area contributed by atoms with Crippen LogP contribution in [-0.4, -0.2) is 22.7 Å². The molecule has 0 saturated carbocycles. The second-order valence-electron chi connectivity index (χ2n) is 4.67. The number of hydrogen-bond acceptors (Lipinski definition) is 4. The molecule has 2 heterocycles. The third-order valence-corrected chi connectivity index (χ3v) is 3.46. The fourth-order valence-corrected chi connectivity index (χ4v) is 2.19. The van der Waals surface area contributed by atoms with Gasteiger partial charge in [0, 0.05) is 12.6 Å². The number of nitrogens with one attached hydrogen (secondary N) is 1. The number of carbonyl (C=O) groups excluding carboxylic acids is 1. The lowest BCUT2D eigenvalue weighted by Gasteiger charge is -2.10. The van der Waals surface area contributed by atoms with E-state index in [4.69, 9.17) is 16.4 Å². The van der Waals surface area contributed by atoms with Gasteiger partial charge in [0.2, 0.25) is 6.10 Å². The van der Waals surface area contributed by atoms with Crippen LogP contribution in [0, 0.1) is 5.82 Å². The molecule has 0 unspecified atom stereocenters. The van der Waals surface area contributed by atoms with E-state index in [0.717, 1.165) is 5.56 Å². The van der Waals surface area contributed by atoms with Crippen molar-refractivity contribution in [2.24, 2.45) is 5.16 Å². The van der Waals surface area contributed by atoms with Crippen molar-refractivity contribution >= 4 is 28.9 Å². The number of carbonyl (C=O) groups is 1. The molecule has 1 aliphatic rings. The van der Waals surface area contributed by atoms with Crippen molar-refractivity contribution in [2.75, 3.05) is 5.32 Å². The Morgan fingerprint density at radius 3 is 2.82 bits per heavy atom. The summed E-state index contributed by atoms with van der Waals surface area (Å²) in [6, 6.07) is 9.16. The van der Waals surface area contributed by atoms with Gasteiger partial charge in [0.05, 0.1) is 11.4 Å². The van der Waals surface area contributed by atoms with Gasteiger partial charge < -0.3 is 10.2 Å². The number of hydrogen-bond donors (Lipinski definition) is 1. The van der Waals surface area contributed by atoms with Gasteiger partial charge in [-0.05, 0) is 29.8 Å². The Balaban J connectivity index is 1.65. The Hall–Kier alpha value is -2.47. The maximum Gasteiger partial charge on any atom is 0.268 e. The topological polar surface area (TPSA) is 63.6 Å². The van der Waals surface area contributed by atoms with Crippen LogP contribution < -0.4 is 5.32 Å². The summed E-state index contributed by atoms with van der Waals surface area (Å²) in [5.74, 6) is -0.695. The van der Waals surface area contributed by atoms with Crippen LogP contribution >= 0.6 is 11.6 Å². The van der Waals surface area contributed by atoms with Gasteiger partial charge in [-0.3, -0.25) is 4.79 Å². The average molecular weight is 320 g/mol. The van der Waals surface area contributed by atoms with E-state index in [9.17, 15) is 9.18 Å². The van der Waals surface area contributed by atoms with Crippen molar-refractivity contribution in [3.63, 3.8) is 0 Å². The molecule has 1 N–H and O–H groups in total. The first-order valence-corrected chi connectivity index (χ1v) is 6.91. The minimum atomic E-state index is -0.753. The quantitative estimate of drug-likeness (QED) is 0.885. The Bertz CT molecular complexity index is 734. The summed E-state index contributed by atoms with van der Waals surface area (Å²) in [6.07, 6.45) is 1.08. The van der Waals surface area contributed by atoms with Gasteiger partial charge in [0.1, 0.15) is 5.82 Å². The van der Waals surface area contributed by atoms with E-state index >= 15 is 0 Å². The molecule has 0 radical (unpaired) electrons. The zero-order valence-electron chi connectivity index (χ0n) is 11.3. The van der Waals surface area contributed by atoms with Gasteiger partial charge in [0.15, 0.2) is 5.15 Å². The number of pyridine rings is 1. The van der Waals surface area contributed by atoms with E-state index in [-0.39, 0.29) is 16.9 Å². The molecule has 1 aromatic carbocycles. The normalized spacial score (nSPS) is 16.8. The maximum absolute atomic E-state index is 12.9. The summed E-state index contributed by atoms with van der Waals surface area (Å²) in [7, 11) is 0. The fourth-order valence-electron chi connectivity index (χ4n) is 2.02. The number of halogens is 2. The zero-order chi connectivity index (χ0) is 15.5. The van der Waals surface area contributed by atoms with Crippen LogP contribution in [0.2, 0.25) is 5.15 Å². The summed E-state index contributed by atoms with van der Waals surface area (Å²) in [6.45, 7) is 0. The molecule has 0 fully saturated rings. The van der Waals surface area contributed by atoms with Crippen LogP contribution in [0.5, 0.6) is 0 Å². The average Bonchev–Trinajstić information content (AvgIpc) is 3.00. The summed E-state index contributed by atoms with van der Waals surface area (Å²) in [4.78, 5) is 21.2. The number of aromatic nitrogens is 1. The lowest BCUT2D eigenvalue weighted by Crippen LogP contribution is -2.28. The molecule has 0 bridgehead atoms. The van der Waals surface area contributed by atoms with E-state index in [2.05, 4.69) is 15.5 Å². The smallest absolute Gasteiger partial charge is 0.268 e. The van der Waals surface area contributed by atoms with E-state index in [1.54, 1.807) is 24.3 Å².